The molecular weight excluding hydrogens is 449 g/mol. The second-order valence-corrected chi connectivity index (χ2v) is 7.98. The quantitative estimate of drug-likeness (QED) is 0.212. The Balaban J connectivity index is 1.87. The van der Waals surface area contributed by atoms with E-state index in [0.29, 0.717) is 18.7 Å². The molecule has 0 aliphatic carbocycles. The topological polar surface area (TPSA) is 70.5 Å². The maximum absolute atomic E-state index is 13.3. The average Bonchev–Trinajstić information content (AvgIpc) is 2.82. The summed E-state index contributed by atoms with van der Waals surface area (Å²) in [5.41, 5.74) is 1.32. The Hall–Kier alpha value is -2.84. The Morgan fingerprint density at radius 2 is 1.59 bits per heavy atom. The van der Waals surface area contributed by atoms with Gasteiger partial charge >= 0.3 is 12.1 Å². The molecule has 1 aromatic heterocycles. The Kier molecular flexibility index (Phi) is 11.6. The zero-order chi connectivity index (χ0) is 24.8. The van der Waals surface area contributed by atoms with Crippen LogP contribution in [0.4, 0.5) is 13.2 Å². The van der Waals surface area contributed by atoms with Crippen LogP contribution in [0.2, 0.25) is 0 Å². The summed E-state index contributed by atoms with van der Waals surface area (Å²) in [6, 6.07) is 10.4. The van der Waals surface area contributed by atoms with Crippen molar-refractivity contribution >= 4 is 5.97 Å². The van der Waals surface area contributed by atoms with Crippen molar-refractivity contribution in [1.29, 1.82) is 0 Å². The highest BCUT2D eigenvalue weighted by atomic mass is 19.4. The van der Waals surface area contributed by atoms with Gasteiger partial charge in [-0.1, -0.05) is 46.0 Å². The molecule has 6 nitrogen and oxygen atoms in total. The predicted molar refractivity (Wildman–Crippen MR) is 123 cm³/mol. The molecule has 0 amide bonds. The lowest BCUT2D eigenvalue weighted by Gasteiger charge is -2.20. The Morgan fingerprint density at radius 3 is 2.21 bits per heavy atom. The number of aromatic nitrogens is 2. The van der Waals surface area contributed by atoms with Gasteiger partial charge in [-0.15, -0.1) is 10.2 Å². The Morgan fingerprint density at radius 1 is 0.882 bits per heavy atom. The van der Waals surface area contributed by atoms with Gasteiger partial charge in [-0.25, -0.2) is 0 Å². The van der Waals surface area contributed by atoms with Gasteiger partial charge in [0.05, 0.1) is 12.3 Å². The number of carbonyl (C=O) groups excluding carboxylic acids is 1. The summed E-state index contributed by atoms with van der Waals surface area (Å²) in [5.74, 6) is -0.222. The summed E-state index contributed by atoms with van der Waals surface area (Å²) in [6.07, 6.45) is -0.758. The van der Waals surface area contributed by atoms with E-state index in [9.17, 15) is 18.0 Å². The lowest BCUT2D eigenvalue weighted by Crippen LogP contribution is -2.38. The summed E-state index contributed by atoms with van der Waals surface area (Å²) in [7, 11) is 0. The maximum atomic E-state index is 13.3. The number of hydrogen-bond donors (Lipinski definition) is 0. The van der Waals surface area contributed by atoms with Gasteiger partial charge in [-0.3, -0.25) is 4.79 Å². The van der Waals surface area contributed by atoms with Gasteiger partial charge in [0.2, 0.25) is 12.0 Å². The molecule has 0 aliphatic rings. The minimum atomic E-state index is -4.74. The van der Waals surface area contributed by atoms with E-state index in [2.05, 4.69) is 21.9 Å². The van der Waals surface area contributed by atoms with E-state index in [1.807, 2.05) is 31.2 Å². The number of alkyl halides is 3. The van der Waals surface area contributed by atoms with Crippen LogP contribution < -0.4 is 9.47 Å². The zero-order valence-corrected chi connectivity index (χ0v) is 19.8. The monoisotopic (exact) mass is 482 g/mol. The average molecular weight is 483 g/mol. The van der Waals surface area contributed by atoms with Crippen molar-refractivity contribution in [1.82, 2.24) is 10.2 Å². The number of ether oxygens (including phenoxy) is 3. The van der Waals surface area contributed by atoms with Gasteiger partial charge in [-0.05, 0) is 43.2 Å². The first-order valence-electron chi connectivity index (χ1n) is 11.8. The maximum Gasteiger partial charge on any atom is 0.428 e. The Labute approximate surface area is 198 Å². The summed E-state index contributed by atoms with van der Waals surface area (Å²) in [6.45, 7) is 3.91. The minimum Gasteiger partial charge on any atom is -0.494 e. The van der Waals surface area contributed by atoms with E-state index < -0.39 is 24.9 Å². The number of esters is 1. The molecule has 1 aromatic carbocycles. The van der Waals surface area contributed by atoms with E-state index in [-0.39, 0.29) is 12.3 Å². The molecule has 1 unspecified atom stereocenters. The molecule has 188 valence electrons. The summed E-state index contributed by atoms with van der Waals surface area (Å²) in [5, 5.41) is 7.86. The molecule has 0 spiro atoms. The highest BCUT2D eigenvalue weighted by molar-refractivity contribution is 5.69. The molecule has 9 heteroatoms. The molecule has 34 heavy (non-hydrogen) atoms. The van der Waals surface area contributed by atoms with Gasteiger partial charge in [0.25, 0.3) is 0 Å². The molecule has 2 rings (SSSR count). The first kappa shape index (κ1) is 27.4. The SMILES string of the molecule is CCCCCCC(=O)OC(COc1ccc(-c2ccc(OCCCCC)cc2)nn1)C(F)(F)F. The Bertz CT molecular complexity index is 843. The molecule has 0 fully saturated rings. The molecular formula is C25H33F3N2O4. The smallest absolute Gasteiger partial charge is 0.428 e. The molecule has 2 aromatic rings. The molecule has 0 N–H and O–H groups in total. The van der Waals surface area contributed by atoms with Crippen LogP contribution in [0.15, 0.2) is 36.4 Å². The van der Waals surface area contributed by atoms with Crippen LogP contribution in [0.1, 0.15) is 65.2 Å². The van der Waals surface area contributed by atoms with Crippen LogP contribution in [0.5, 0.6) is 11.6 Å². The van der Waals surface area contributed by atoms with Crippen molar-refractivity contribution in [3.63, 3.8) is 0 Å². The first-order valence-corrected chi connectivity index (χ1v) is 11.8. The second-order valence-electron chi connectivity index (χ2n) is 7.98. The van der Waals surface area contributed by atoms with Crippen LogP contribution in [0.3, 0.4) is 0 Å². The van der Waals surface area contributed by atoms with Crippen LogP contribution in [-0.4, -0.2) is 41.7 Å². The fraction of sp³-hybridized carbons (Fsp3) is 0.560. The van der Waals surface area contributed by atoms with Crippen molar-refractivity contribution in [3.8, 4) is 22.9 Å². The number of hydrogen-bond acceptors (Lipinski definition) is 6. The van der Waals surface area contributed by atoms with Gasteiger partial charge in [-0.2, -0.15) is 13.2 Å². The van der Waals surface area contributed by atoms with Crippen LogP contribution in [0, 0.1) is 0 Å². The van der Waals surface area contributed by atoms with Gasteiger partial charge in [0, 0.05) is 18.1 Å². The lowest BCUT2D eigenvalue weighted by molar-refractivity contribution is -0.227. The predicted octanol–water partition coefficient (Wildman–Crippen LogP) is 6.54. The van der Waals surface area contributed by atoms with E-state index >= 15 is 0 Å². The fourth-order valence-corrected chi connectivity index (χ4v) is 3.09. The summed E-state index contributed by atoms with van der Waals surface area (Å²) in [4.78, 5) is 11.8. The molecule has 1 heterocycles. The molecule has 1 atom stereocenters. The third-order valence-corrected chi connectivity index (χ3v) is 5.06. The number of nitrogens with zero attached hydrogens (tertiary/aromatic N) is 2. The zero-order valence-electron chi connectivity index (χ0n) is 19.8. The number of unbranched alkanes of at least 4 members (excludes halogenated alkanes) is 5. The van der Waals surface area contributed by atoms with Crippen molar-refractivity contribution < 1.29 is 32.2 Å². The van der Waals surface area contributed by atoms with Crippen molar-refractivity contribution in [2.45, 2.75) is 77.5 Å². The fourth-order valence-electron chi connectivity index (χ4n) is 3.09. The number of benzene rings is 1. The normalized spacial score (nSPS) is 12.3. The molecule has 0 bridgehead atoms. The van der Waals surface area contributed by atoms with Crippen molar-refractivity contribution in [2.75, 3.05) is 13.2 Å². The van der Waals surface area contributed by atoms with E-state index in [4.69, 9.17) is 9.47 Å². The first-order chi connectivity index (χ1) is 16.3. The third-order valence-electron chi connectivity index (χ3n) is 5.06. The van der Waals surface area contributed by atoms with E-state index in [0.717, 1.165) is 49.8 Å². The molecule has 0 saturated carbocycles. The standard InChI is InChI=1S/C25H33F3N2O4/c1-3-5-7-8-10-24(31)34-22(25(26,27)28)18-33-23-16-15-21(29-30-23)19-11-13-20(14-12-19)32-17-9-6-4-2/h11-16,22H,3-10,17-18H2,1-2H3. The van der Waals surface area contributed by atoms with Crippen LogP contribution in [0.25, 0.3) is 11.3 Å². The largest absolute Gasteiger partial charge is 0.494 e. The van der Waals surface area contributed by atoms with Crippen LogP contribution in [-0.2, 0) is 9.53 Å². The number of halogens is 3. The highest BCUT2D eigenvalue weighted by Crippen LogP contribution is 2.25. The summed E-state index contributed by atoms with van der Waals surface area (Å²) < 4.78 is 55.2. The van der Waals surface area contributed by atoms with Crippen molar-refractivity contribution in [2.24, 2.45) is 0 Å². The van der Waals surface area contributed by atoms with Gasteiger partial charge in [0.1, 0.15) is 12.4 Å². The third kappa shape index (κ3) is 9.97. The molecule has 0 radical (unpaired) electrons. The molecule has 0 aliphatic heterocycles. The summed E-state index contributed by atoms with van der Waals surface area (Å²) >= 11 is 0. The van der Waals surface area contributed by atoms with Crippen molar-refractivity contribution in [3.05, 3.63) is 36.4 Å². The van der Waals surface area contributed by atoms with E-state index in [1.165, 1.54) is 6.07 Å². The second kappa shape index (κ2) is 14.4. The van der Waals surface area contributed by atoms with E-state index in [1.54, 1.807) is 6.07 Å². The number of rotatable bonds is 15. The van der Waals surface area contributed by atoms with Gasteiger partial charge in [0.15, 0.2) is 0 Å². The lowest BCUT2D eigenvalue weighted by atomic mass is 10.1. The van der Waals surface area contributed by atoms with Crippen LogP contribution >= 0.6 is 0 Å². The van der Waals surface area contributed by atoms with Gasteiger partial charge < -0.3 is 14.2 Å². The molecule has 0 saturated heterocycles. The number of carbonyl (C=O) groups is 1. The highest BCUT2D eigenvalue weighted by Gasteiger charge is 2.43. The minimum absolute atomic E-state index is 0.0519.